The molecule has 5 heteroatoms. The fraction of sp³-hybridized carbons (Fsp3) is 0.200. The van der Waals surface area contributed by atoms with Crippen molar-refractivity contribution in [2.45, 2.75) is 6.92 Å². The molecule has 0 spiro atoms. The van der Waals surface area contributed by atoms with E-state index in [0.717, 1.165) is 5.69 Å². The second-order valence-corrected chi connectivity index (χ2v) is 5.56. The number of aryl methyl sites for hydroxylation is 1. The van der Waals surface area contributed by atoms with Crippen LogP contribution in [0.5, 0.6) is 5.75 Å². The Bertz CT molecular complexity index is 602. The zero-order chi connectivity index (χ0) is 14.5. The number of benzene rings is 2. The summed E-state index contributed by atoms with van der Waals surface area (Å²) in [4.78, 5) is 0. The zero-order valence-electron chi connectivity index (χ0n) is 10.9. The lowest BCUT2D eigenvalue weighted by Crippen LogP contribution is -2.11. The summed E-state index contributed by atoms with van der Waals surface area (Å²) < 4.78 is 5.59. The first-order valence-corrected chi connectivity index (χ1v) is 7.27. The molecule has 0 radical (unpaired) electrons. The topological polar surface area (TPSA) is 21.3 Å². The molecule has 2 aromatic rings. The van der Waals surface area contributed by atoms with Crippen LogP contribution < -0.4 is 10.1 Å². The predicted octanol–water partition coefficient (Wildman–Crippen LogP) is 5.45. The van der Waals surface area contributed by atoms with Crippen molar-refractivity contribution in [3.63, 3.8) is 0 Å². The van der Waals surface area contributed by atoms with Gasteiger partial charge in [-0.05, 0) is 30.7 Å². The van der Waals surface area contributed by atoms with Crippen LogP contribution in [0, 0.1) is 6.92 Å². The van der Waals surface area contributed by atoms with Crippen molar-refractivity contribution < 1.29 is 4.74 Å². The van der Waals surface area contributed by atoms with E-state index < -0.39 is 0 Å². The minimum atomic E-state index is 0.418. The predicted molar refractivity (Wildman–Crippen MR) is 86.6 cm³/mol. The zero-order valence-corrected chi connectivity index (χ0v) is 13.2. The Balaban J connectivity index is 1.86. The Labute approximate surface area is 133 Å². The van der Waals surface area contributed by atoms with Gasteiger partial charge in [0.2, 0.25) is 0 Å². The standard InChI is InChI=1S/C15H14Cl3NO/c1-10-3-2-4-11(7-10)19-5-6-20-15-9-13(17)12(16)8-14(15)18/h2-4,7-9,19H,5-6H2,1H3. The number of nitrogens with one attached hydrogen (secondary N) is 1. The van der Waals surface area contributed by atoms with Gasteiger partial charge in [0, 0.05) is 18.3 Å². The first-order valence-electron chi connectivity index (χ1n) is 6.14. The number of rotatable bonds is 5. The van der Waals surface area contributed by atoms with Crippen LogP contribution in [0.4, 0.5) is 5.69 Å². The quantitative estimate of drug-likeness (QED) is 0.581. The molecule has 2 aromatic carbocycles. The lowest BCUT2D eigenvalue weighted by Gasteiger charge is -2.11. The second-order valence-electron chi connectivity index (χ2n) is 4.34. The molecule has 20 heavy (non-hydrogen) atoms. The van der Waals surface area contributed by atoms with Crippen molar-refractivity contribution in [3.05, 3.63) is 57.0 Å². The minimum absolute atomic E-state index is 0.418. The van der Waals surface area contributed by atoms with Crippen LogP contribution in [0.3, 0.4) is 0 Å². The van der Waals surface area contributed by atoms with Gasteiger partial charge in [-0.15, -0.1) is 0 Å². The second kappa shape index (κ2) is 7.07. The monoisotopic (exact) mass is 329 g/mol. The maximum Gasteiger partial charge on any atom is 0.139 e. The van der Waals surface area contributed by atoms with Crippen LogP contribution in [0.25, 0.3) is 0 Å². The van der Waals surface area contributed by atoms with E-state index in [1.165, 1.54) is 5.56 Å². The number of hydrogen-bond donors (Lipinski definition) is 1. The van der Waals surface area contributed by atoms with Gasteiger partial charge < -0.3 is 10.1 Å². The van der Waals surface area contributed by atoms with Crippen LogP contribution in [-0.2, 0) is 0 Å². The Morgan fingerprint density at radius 2 is 1.75 bits per heavy atom. The molecule has 0 saturated carbocycles. The molecule has 0 saturated heterocycles. The molecule has 0 amide bonds. The summed E-state index contributed by atoms with van der Waals surface area (Å²) in [6.45, 7) is 3.20. The molecule has 0 atom stereocenters. The first-order chi connectivity index (χ1) is 9.56. The highest BCUT2D eigenvalue weighted by molar-refractivity contribution is 6.43. The van der Waals surface area contributed by atoms with Crippen LogP contribution in [0.2, 0.25) is 15.1 Å². The largest absolute Gasteiger partial charge is 0.490 e. The van der Waals surface area contributed by atoms with Crippen LogP contribution in [-0.4, -0.2) is 13.2 Å². The maximum atomic E-state index is 6.03. The average molecular weight is 331 g/mol. The van der Waals surface area contributed by atoms with E-state index in [4.69, 9.17) is 39.5 Å². The fourth-order valence-electron chi connectivity index (χ4n) is 1.73. The van der Waals surface area contributed by atoms with Crippen molar-refractivity contribution in [2.24, 2.45) is 0 Å². The van der Waals surface area contributed by atoms with Gasteiger partial charge in [0.15, 0.2) is 0 Å². The molecule has 0 unspecified atom stereocenters. The van der Waals surface area contributed by atoms with E-state index in [0.29, 0.717) is 34.0 Å². The van der Waals surface area contributed by atoms with E-state index >= 15 is 0 Å². The Kier molecular flexibility index (Phi) is 5.41. The smallest absolute Gasteiger partial charge is 0.139 e. The van der Waals surface area contributed by atoms with Gasteiger partial charge in [-0.25, -0.2) is 0 Å². The lowest BCUT2D eigenvalue weighted by molar-refractivity contribution is 0.333. The normalized spacial score (nSPS) is 10.4. The highest BCUT2D eigenvalue weighted by atomic mass is 35.5. The third kappa shape index (κ3) is 4.20. The van der Waals surface area contributed by atoms with Gasteiger partial charge in [0.05, 0.1) is 15.1 Å². The lowest BCUT2D eigenvalue weighted by atomic mass is 10.2. The molecule has 2 nitrogen and oxygen atoms in total. The SMILES string of the molecule is Cc1cccc(NCCOc2cc(Cl)c(Cl)cc2Cl)c1. The van der Waals surface area contributed by atoms with Gasteiger partial charge in [-0.3, -0.25) is 0 Å². The molecule has 2 rings (SSSR count). The number of hydrogen-bond acceptors (Lipinski definition) is 2. The number of halogens is 3. The number of anilines is 1. The summed E-state index contributed by atoms with van der Waals surface area (Å²) in [5.41, 5.74) is 2.28. The van der Waals surface area contributed by atoms with Gasteiger partial charge in [0.1, 0.15) is 12.4 Å². The summed E-state index contributed by atoms with van der Waals surface area (Å²) in [6.07, 6.45) is 0. The van der Waals surface area contributed by atoms with Crippen LogP contribution in [0.15, 0.2) is 36.4 Å². The maximum absolute atomic E-state index is 6.03. The third-order valence-corrected chi connectivity index (χ3v) is 3.70. The van der Waals surface area contributed by atoms with E-state index in [1.54, 1.807) is 12.1 Å². The molecule has 0 heterocycles. The van der Waals surface area contributed by atoms with Crippen LogP contribution in [0.1, 0.15) is 5.56 Å². The molecule has 0 aromatic heterocycles. The molecule has 106 valence electrons. The van der Waals surface area contributed by atoms with E-state index in [-0.39, 0.29) is 0 Å². The molecule has 0 aliphatic heterocycles. The third-order valence-electron chi connectivity index (χ3n) is 2.68. The van der Waals surface area contributed by atoms with E-state index in [2.05, 4.69) is 24.4 Å². The summed E-state index contributed by atoms with van der Waals surface area (Å²) >= 11 is 17.8. The van der Waals surface area contributed by atoms with E-state index in [1.807, 2.05) is 12.1 Å². The summed E-state index contributed by atoms with van der Waals surface area (Å²) in [5.74, 6) is 0.534. The van der Waals surface area contributed by atoms with Gasteiger partial charge in [-0.1, -0.05) is 46.9 Å². The van der Waals surface area contributed by atoms with Crippen molar-refractivity contribution >= 4 is 40.5 Å². The van der Waals surface area contributed by atoms with Crippen LogP contribution >= 0.6 is 34.8 Å². The minimum Gasteiger partial charge on any atom is -0.490 e. The Hall–Kier alpha value is -1.09. The van der Waals surface area contributed by atoms with Crippen molar-refractivity contribution in [1.82, 2.24) is 0 Å². The van der Waals surface area contributed by atoms with Gasteiger partial charge >= 0.3 is 0 Å². The number of ether oxygens (including phenoxy) is 1. The molecule has 0 bridgehead atoms. The Morgan fingerprint density at radius 3 is 2.50 bits per heavy atom. The van der Waals surface area contributed by atoms with E-state index in [9.17, 15) is 0 Å². The Morgan fingerprint density at radius 1 is 1.00 bits per heavy atom. The first kappa shape index (κ1) is 15.3. The highest BCUT2D eigenvalue weighted by Gasteiger charge is 2.06. The average Bonchev–Trinajstić information content (AvgIpc) is 2.40. The van der Waals surface area contributed by atoms with Crippen molar-refractivity contribution in [3.8, 4) is 5.75 Å². The summed E-state index contributed by atoms with van der Waals surface area (Å²) in [7, 11) is 0. The molecule has 0 fully saturated rings. The molecular formula is C15H14Cl3NO. The van der Waals surface area contributed by atoms with Gasteiger partial charge in [0.25, 0.3) is 0 Å². The molecular weight excluding hydrogens is 317 g/mol. The fourth-order valence-corrected chi connectivity index (χ4v) is 2.32. The summed E-state index contributed by atoms with van der Waals surface area (Å²) in [5, 5.41) is 4.57. The van der Waals surface area contributed by atoms with Gasteiger partial charge in [-0.2, -0.15) is 0 Å². The molecule has 1 N–H and O–H groups in total. The van der Waals surface area contributed by atoms with Crippen molar-refractivity contribution in [1.29, 1.82) is 0 Å². The molecule has 0 aliphatic carbocycles. The molecule has 0 aliphatic rings. The highest BCUT2D eigenvalue weighted by Crippen LogP contribution is 2.33. The summed E-state index contributed by atoms with van der Waals surface area (Å²) in [6, 6.07) is 11.4. The van der Waals surface area contributed by atoms with Crippen molar-refractivity contribution in [2.75, 3.05) is 18.5 Å².